The van der Waals surface area contributed by atoms with E-state index in [0.29, 0.717) is 33.9 Å². The Hall–Kier alpha value is -3.68. The van der Waals surface area contributed by atoms with E-state index in [1.807, 2.05) is 18.2 Å². The van der Waals surface area contributed by atoms with Crippen molar-refractivity contribution in [3.8, 4) is 5.75 Å². The standard InChI is InChI=1S/C17H13N5O3/c1-25-11-4-2-3-10(7-11)20-17-21-13-5-6-18-8-12(13)15-19-9-14(16(23)24)22(15)17/h2-9H,1H3,(H,20,21)(H,23,24). The van der Waals surface area contributed by atoms with Gasteiger partial charge in [0.1, 0.15) is 5.75 Å². The fraction of sp³-hybridized carbons (Fsp3) is 0.0588. The summed E-state index contributed by atoms with van der Waals surface area (Å²) in [6.45, 7) is 0. The van der Waals surface area contributed by atoms with E-state index in [2.05, 4.69) is 20.3 Å². The number of anilines is 2. The van der Waals surface area contributed by atoms with Gasteiger partial charge in [0.15, 0.2) is 11.3 Å². The molecule has 124 valence electrons. The summed E-state index contributed by atoms with van der Waals surface area (Å²) in [5, 5.41) is 13.3. The van der Waals surface area contributed by atoms with Gasteiger partial charge in [0.05, 0.1) is 24.2 Å². The molecule has 0 saturated carbocycles. The lowest BCUT2D eigenvalue weighted by atomic mass is 10.3. The summed E-state index contributed by atoms with van der Waals surface area (Å²) in [4.78, 5) is 24.4. The van der Waals surface area contributed by atoms with Gasteiger partial charge >= 0.3 is 5.97 Å². The number of hydrogen-bond donors (Lipinski definition) is 2. The van der Waals surface area contributed by atoms with Gasteiger partial charge in [-0.3, -0.25) is 9.38 Å². The van der Waals surface area contributed by atoms with Crippen LogP contribution in [-0.4, -0.2) is 37.5 Å². The number of nitrogens with one attached hydrogen (secondary N) is 1. The largest absolute Gasteiger partial charge is 0.497 e. The third-order valence-corrected chi connectivity index (χ3v) is 3.78. The smallest absolute Gasteiger partial charge is 0.354 e. The molecule has 0 unspecified atom stereocenters. The van der Waals surface area contributed by atoms with Crippen LogP contribution in [0.15, 0.2) is 48.9 Å². The van der Waals surface area contributed by atoms with Crippen LogP contribution >= 0.6 is 0 Å². The fourth-order valence-corrected chi connectivity index (χ4v) is 2.64. The van der Waals surface area contributed by atoms with E-state index in [9.17, 15) is 9.90 Å². The van der Waals surface area contributed by atoms with Crippen molar-refractivity contribution >= 4 is 34.2 Å². The summed E-state index contributed by atoms with van der Waals surface area (Å²) in [5.74, 6) is -0.0709. The van der Waals surface area contributed by atoms with Crippen molar-refractivity contribution in [2.24, 2.45) is 0 Å². The second-order valence-electron chi connectivity index (χ2n) is 5.29. The van der Waals surface area contributed by atoms with Gasteiger partial charge in [-0.05, 0) is 18.2 Å². The Morgan fingerprint density at radius 1 is 1.28 bits per heavy atom. The van der Waals surface area contributed by atoms with E-state index < -0.39 is 5.97 Å². The van der Waals surface area contributed by atoms with Crippen LogP contribution in [0.25, 0.3) is 16.6 Å². The summed E-state index contributed by atoms with van der Waals surface area (Å²) < 4.78 is 6.68. The molecule has 0 bridgehead atoms. The first-order valence-electron chi connectivity index (χ1n) is 7.43. The first-order chi connectivity index (χ1) is 12.2. The van der Waals surface area contributed by atoms with Gasteiger partial charge in [-0.15, -0.1) is 0 Å². The van der Waals surface area contributed by atoms with Crippen LogP contribution in [-0.2, 0) is 0 Å². The molecule has 3 aromatic heterocycles. The third-order valence-electron chi connectivity index (χ3n) is 3.78. The SMILES string of the molecule is COc1cccc(Nc2nc3ccncc3c3ncc(C(=O)O)n23)c1. The van der Waals surface area contributed by atoms with E-state index in [1.165, 1.54) is 10.6 Å². The lowest BCUT2D eigenvalue weighted by Crippen LogP contribution is -2.08. The number of benzene rings is 1. The Bertz CT molecular complexity index is 1110. The van der Waals surface area contributed by atoms with E-state index in [-0.39, 0.29) is 5.69 Å². The van der Waals surface area contributed by atoms with Crippen molar-refractivity contribution in [2.45, 2.75) is 0 Å². The van der Waals surface area contributed by atoms with Crippen molar-refractivity contribution in [1.29, 1.82) is 0 Å². The summed E-state index contributed by atoms with van der Waals surface area (Å²) in [5.41, 5.74) is 1.86. The van der Waals surface area contributed by atoms with Crippen molar-refractivity contribution in [3.63, 3.8) is 0 Å². The highest BCUT2D eigenvalue weighted by Crippen LogP contribution is 2.26. The first-order valence-corrected chi connectivity index (χ1v) is 7.43. The second kappa shape index (κ2) is 5.75. The van der Waals surface area contributed by atoms with Crippen molar-refractivity contribution in [2.75, 3.05) is 12.4 Å². The summed E-state index contributed by atoms with van der Waals surface area (Å²) in [7, 11) is 1.58. The van der Waals surface area contributed by atoms with Gasteiger partial charge in [-0.25, -0.2) is 14.8 Å². The monoisotopic (exact) mass is 335 g/mol. The quantitative estimate of drug-likeness (QED) is 0.591. The first kappa shape index (κ1) is 14.9. The van der Waals surface area contributed by atoms with Crippen LogP contribution in [0.1, 0.15) is 10.5 Å². The molecule has 1 aromatic carbocycles. The fourth-order valence-electron chi connectivity index (χ4n) is 2.64. The molecule has 2 N–H and O–H groups in total. The average molecular weight is 335 g/mol. The van der Waals surface area contributed by atoms with Crippen LogP contribution in [0.5, 0.6) is 5.75 Å². The Morgan fingerprint density at radius 3 is 2.96 bits per heavy atom. The predicted molar refractivity (Wildman–Crippen MR) is 91.5 cm³/mol. The highest BCUT2D eigenvalue weighted by atomic mass is 16.5. The highest BCUT2D eigenvalue weighted by molar-refractivity contribution is 5.95. The molecule has 0 fully saturated rings. The van der Waals surface area contributed by atoms with Gasteiger partial charge in [-0.2, -0.15) is 0 Å². The van der Waals surface area contributed by atoms with Crippen LogP contribution < -0.4 is 10.1 Å². The lowest BCUT2D eigenvalue weighted by Gasteiger charge is -2.12. The maximum absolute atomic E-state index is 11.6. The molecule has 0 amide bonds. The second-order valence-corrected chi connectivity index (χ2v) is 5.29. The number of aromatic nitrogens is 4. The Balaban J connectivity index is 1.96. The van der Waals surface area contributed by atoms with Gasteiger partial charge < -0.3 is 15.2 Å². The summed E-state index contributed by atoms with van der Waals surface area (Å²) in [6.07, 6.45) is 4.55. The minimum atomic E-state index is -1.09. The number of methoxy groups -OCH3 is 1. The molecule has 0 aliphatic rings. The van der Waals surface area contributed by atoms with Crippen LogP contribution in [0.4, 0.5) is 11.6 Å². The number of carboxylic acids is 1. The number of hydrogen-bond acceptors (Lipinski definition) is 6. The van der Waals surface area contributed by atoms with E-state index in [4.69, 9.17) is 4.74 Å². The molecule has 0 atom stereocenters. The molecule has 25 heavy (non-hydrogen) atoms. The number of rotatable bonds is 4. The zero-order valence-electron chi connectivity index (χ0n) is 13.2. The number of imidazole rings is 1. The molecule has 0 spiro atoms. The molecule has 0 saturated heterocycles. The molecule has 3 heterocycles. The molecule has 0 aliphatic heterocycles. The molecular formula is C17H13N5O3. The van der Waals surface area contributed by atoms with Gasteiger partial charge in [-0.1, -0.05) is 6.07 Å². The average Bonchev–Trinajstić information content (AvgIpc) is 3.08. The maximum atomic E-state index is 11.6. The van der Waals surface area contributed by atoms with E-state index in [1.54, 1.807) is 31.6 Å². The van der Waals surface area contributed by atoms with Crippen LogP contribution in [0.3, 0.4) is 0 Å². The Kier molecular flexibility index (Phi) is 3.42. The molecule has 4 rings (SSSR count). The minimum absolute atomic E-state index is 0.0126. The number of carboxylic acid groups (broad SMARTS) is 1. The Morgan fingerprint density at radius 2 is 2.16 bits per heavy atom. The molecule has 8 nitrogen and oxygen atoms in total. The zero-order chi connectivity index (χ0) is 17.4. The van der Waals surface area contributed by atoms with E-state index >= 15 is 0 Å². The number of aromatic carboxylic acids is 1. The normalized spacial score (nSPS) is 10.9. The summed E-state index contributed by atoms with van der Waals surface area (Å²) >= 11 is 0. The minimum Gasteiger partial charge on any atom is -0.497 e. The third kappa shape index (κ3) is 2.49. The highest BCUT2D eigenvalue weighted by Gasteiger charge is 2.18. The number of nitrogens with zero attached hydrogens (tertiary/aromatic N) is 4. The number of ether oxygens (including phenoxy) is 1. The molecule has 4 aromatic rings. The van der Waals surface area contributed by atoms with Gasteiger partial charge in [0.25, 0.3) is 0 Å². The molecule has 8 heteroatoms. The van der Waals surface area contributed by atoms with Crippen molar-refractivity contribution in [1.82, 2.24) is 19.4 Å². The number of pyridine rings is 1. The predicted octanol–water partition coefficient (Wildman–Crippen LogP) is 2.73. The van der Waals surface area contributed by atoms with Crippen molar-refractivity contribution in [3.05, 3.63) is 54.6 Å². The molecule has 0 radical (unpaired) electrons. The molecule has 0 aliphatic carbocycles. The number of fused-ring (bicyclic) bond motifs is 3. The maximum Gasteiger partial charge on any atom is 0.354 e. The van der Waals surface area contributed by atoms with E-state index in [0.717, 1.165) is 0 Å². The Labute approximate surface area is 141 Å². The van der Waals surface area contributed by atoms with Crippen molar-refractivity contribution < 1.29 is 14.6 Å². The molecular weight excluding hydrogens is 322 g/mol. The summed E-state index contributed by atoms with van der Waals surface area (Å²) in [6, 6.07) is 9.03. The topological polar surface area (TPSA) is 102 Å². The number of carbonyl (C=O) groups is 1. The lowest BCUT2D eigenvalue weighted by molar-refractivity contribution is 0.0689. The zero-order valence-corrected chi connectivity index (χ0v) is 13.2. The van der Waals surface area contributed by atoms with Crippen LogP contribution in [0.2, 0.25) is 0 Å². The van der Waals surface area contributed by atoms with Gasteiger partial charge in [0.2, 0.25) is 5.95 Å². The van der Waals surface area contributed by atoms with Gasteiger partial charge in [0, 0.05) is 24.1 Å². The van der Waals surface area contributed by atoms with Crippen LogP contribution in [0, 0.1) is 0 Å².